The number of nitrogens with two attached hydrogens (primary N) is 1. The van der Waals surface area contributed by atoms with E-state index in [4.69, 9.17) is 5.73 Å². The first kappa shape index (κ1) is 9.65. The summed E-state index contributed by atoms with van der Waals surface area (Å²) < 4.78 is 0. The second kappa shape index (κ2) is 4.09. The highest BCUT2D eigenvalue weighted by Gasteiger charge is 1.98. The summed E-state index contributed by atoms with van der Waals surface area (Å²) in [4.78, 5) is 0. The van der Waals surface area contributed by atoms with Crippen LogP contribution in [0.2, 0.25) is 0 Å². The molecular weight excluding hydrogens is 186 g/mol. The minimum absolute atomic E-state index is 0.659. The number of rotatable bonds is 2. The fourth-order valence-electron chi connectivity index (χ4n) is 1.43. The van der Waals surface area contributed by atoms with Gasteiger partial charge in [-0.05, 0) is 18.6 Å². The lowest BCUT2D eigenvalue weighted by molar-refractivity contribution is 0.939. The fraction of sp³-hybridized carbons (Fsp3) is 0.167. The Morgan fingerprint density at radius 1 is 1.20 bits per heavy atom. The Morgan fingerprint density at radius 2 is 1.93 bits per heavy atom. The Labute approximate surface area is 89.0 Å². The van der Waals surface area contributed by atoms with Crippen LogP contribution < -0.4 is 5.73 Å². The molecular formula is C12H13N3. The summed E-state index contributed by atoms with van der Waals surface area (Å²) in [5.41, 5.74) is 9.68. The van der Waals surface area contributed by atoms with E-state index in [2.05, 4.69) is 41.4 Å². The zero-order valence-corrected chi connectivity index (χ0v) is 8.64. The van der Waals surface area contributed by atoms with Crippen LogP contribution in [-0.2, 0) is 6.42 Å². The number of nitrogen functional groups attached to an aromatic ring is 1. The van der Waals surface area contributed by atoms with Gasteiger partial charge in [-0.25, -0.2) is 0 Å². The molecule has 0 aliphatic carbocycles. The molecule has 1 heterocycles. The Morgan fingerprint density at radius 3 is 2.60 bits per heavy atom. The minimum Gasteiger partial charge on any atom is -0.397 e. The smallest absolute Gasteiger partial charge is 0.0726 e. The number of nitrogens with zero attached hydrogens (tertiary/aromatic N) is 2. The molecule has 15 heavy (non-hydrogen) atoms. The monoisotopic (exact) mass is 199 g/mol. The molecule has 0 aliphatic rings. The number of aromatic nitrogens is 2. The van der Waals surface area contributed by atoms with Crippen LogP contribution in [0.1, 0.15) is 16.8 Å². The van der Waals surface area contributed by atoms with Gasteiger partial charge in [0, 0.05) is 6.42 Å². The van der Waals surface area contributed by atoms with Gasteiger partial charge in [-0.3, -0.25) is 0 Å². The zero-order valence-electron chi connectivity index (χ0n) is 8.64. The van der Waals surface area contributed by atoms with E-state index in [0.29, 0.717) is 5.69 Å². The van der Waals surface area contributed by atoms with E-state index in [1.54, 1.807) is 6.20 Å². The third kappa shape index (κ3) is 2.53. The van der Waals surface area contributed by atoms with E-state index in [1.807, 2.05) is 6.07 Å². The van der Waals surface area contributed by atoms with Gasteiger partial charge in [0.1, 0.15) is 0 Å². The van der Waals surface area contributed by atoms with E-state index < -0.39 is 0 Å². The van der Waals surface area contributed by atoms with E-state index in [0.717, 1.165) is 12.1 Å². The third-order valence-corrected chi connectivity index (χ3v) is 2.23. The molecule has 76 valence electrons. The van der Waals surface area contributed by atoms with Crippen LogP contribution in [0.5, 0.6) is 0 Å². The van der Waals surface area contributed by atoms with Gasteiger partial charge in [0.15, 0.2) is 0 Å². The van der Waals surface area contributed by atoms with E-state index in [1.165, 1.54) is 11.1 Å². The number of aryl methyl sites for hydroxylation is 1. The van der Waals surface area contributed by atoms with Gasteiger partial charge in [-0.1, -0.05) is 29.8 Å². The molecule has 2 rings (SSSR count). The molecule has 0 saturated carbocycles. The lowest BCUT2D eigenvalue weighted by atomic mass is 10.1. The number of benzene rings is 1. The molecule has 0 radical (unpaired) electrons. The van der Waals surface area contributed by atoms with Crippen molar-refractivity contribution in [3.63, 3.8) is 0 Å². The molecule has 0 atom stereocenters. The summed E-state index contributed by atoms with van der Waals surface area (Å²) in [7, 11) is 0. The van der Waals surface area contributed by atoms with Gasteiger partial charge in [0.05, 0.1) is 17.6 Å². The van der Waals surface area contributed by atoms with Crippen molar-refractivity contribution in [1.82, 2.24) is 10.2 Å². The topological polar surface area (TPSA) is 51.8 Å². The Bertz CT molecular complexity index is 449. The average molecular weight is 199 g/mol. The van der Waals surface area contributed by atoms with Crippen LogP contribution >= 0.6 is 0 Å². The van der Waals surface area contributed by atoms with Crippen LogP contribution in [0, 0.1) is 6.92 Å². The molecule has 1 aromatic heterocycles. The van der Waals surface area contributed by atoms with Crippen molar-refractivity contribution < 1.29 is 0 Å². The number of hydrogen-bond donors (Lipinski definition) is 1. The molecule has 1 aromatic carbocycles. The molecule has 0 spiro atoms. The summed E-state index contributed by atoms with van der Waals surface area (Å²) in [6.45, 7) is 2.07. The summed E-state index contributed by atoms with van der Waals surface area (Å²) >= 11 is 0. The van der Waals surface area contributed by atoms with Crippen molar-refractivity contribution in [1.29, 1.82) is 0 Å². The zero-order chi connectivity index (χ0) is 10.7. The normalized spacial score (nSPS) is 10.2. The second-order valence-corrected chi connectivity index (χ2v) is 3.64. The van der Waals surface area contributed by atoms with Crippen LogP contribution in [0.3, 0.4) is 0 Å². The Kier molecular flexibility index (Phi) is 2.63. The molecule has 0 aliphatic heterocycles. The maximum Gasteiger partial charge on any atom is 0.0726 e. The largest absolute Gasteiger partial charge is 0.397 e. The Balaban J connectivity index is 2.18. The van der Waals surface area contributed by atoms with Crippen molar-refractivity contribution >= 4 is 5.69 Å². The van der Waals surface area contributed by atoms with Gasteiger partial charge in [0.25, 0.3) is 0 Å². The predicted molar refractivity (Wildman–Crippen MR) is 60.4 cm³/mol. The Hall–Kier alpha value is -1.90. The maximum atomic E-state index is 5.63. The molecule has 3 heteroatoms. The highest BCUT2D eigenvalue weighted by molar-refractivity contribution is 5.36. The molecule has 0 unspecified atom stereocenters. The van der Waals surface area contributed by atoms with Crippen LogP contribution in [0.15, 0.2) is 36.5 Å². The van der Waals surface area contributed by atoms with E-state index in [9.17, 15) is 0 Å². The first-order valence-corrected chi connectivity index (χ1v) is 4.86. The summed E-state index contributed by atoms with van der Waals surface area (Å²) in [5, 5.41) is 7.85. The second-order valence-electron chi connectivity index (χ2n) is 3.64. The highest BCUT2D eigenvalue weighted by atomic mass is 15.1. The SMILES string of the molecule is Cc1ccc(Cc2cc(N)cnn2)cc1. The van der Waals surface area contributed by atoms with Crippen LogP contribution in [0.4, 0.5) is 5.69 Å². The standard InChI is InChI=1S/C12H13N3/c1-9-2-4-10(5-3-9)6-12-7-11(13)8-14-15-12/h2-5,7-8H,6H2,1H3,(H2,13,15). The molecule has 2 N–H and O–H groups in total. The highest BCUT2D eigenvalue weighted by Crippen LogP contribution is 2.09. The van der Waals surface area contributed by atoms with Gasteiger partial charge in [0.2, 0.25) is 0 Å². The van der Waals surface area contributed by atoms with E-state index in [-0.39, 0.29) is 0 Å². The van der Waals surface area contributed by atoms with Crippen molar-refractivity contribution in [2.75, 3.05) is 5.73 Å². The lowest BCUT2D eigenvalue weighted by Gasteiger charge is -2.01. The average Bonchev–Trinajstić information content (AvgIpc) is 2.22. The quantitative estimate of drug-likeness (QED) is 0.804. The summed E-state index contributed by atoms with van der Waals surface area (Å²) in [6.07, 6.45) is 2.33. The summed E-state index contributed by atoms with van der Waals surface area (Å²) in [5.74, 6) is 0. The van der Waals surface area contributed by atoms with Crippen molar-refractivity contribution in [2.45, 2.75) is 13.3 Å². The maximum absolute atomic E-state index is 5.63. The van der Waals surface area contributed by atoms with Gasteiger partial charge >= 0.3 is 0 Å². The van der Waals surface area contributed by atoms with Gasteiger partial charge in [-0.15, -0.1) is 0 Å². The van der Waals surface area contributed by atoms with Crippen molar-refractivity contribution in [3.05, 3.63) is 53.3 Å². The molecule has 3 nitrogen and oxygen atoms in total. The van der Waals surface area contributed by atoms with Gasteiger partial charge < -0.3 is 5.73 Å². The van der Waals surface area contributed by atoms with Crippen molar-refractivity contribution in [3.8, 4) is 0 Å². The molecule has 2 aromatic rings. The summed E-state index contributed by atoms with van der Waals surface area (Å²) in [6, 6.07) is 10.2. The molecule has 0 amide bonds. The molecule has 0 bridgehead atoms. The first-order chi connectivity index (χ1) is 7.24. The number of hydrogen-bond acceptors (Lipinski definition) is 3. The minimum atomic E-state index is 0.659. The fourth-order valence-corrected chi connectivity index (χ4v) is 1.43. The van der Waals surface area contributed by atoms with Gasteiger partial charge in [-0.2, -0.15) is 10.2 Å². The van der Waals surface area contributed by atoms with Crippen molar-refractivity contribution in [2.24, 2.45) is 0 Å². The first-order valence-electron chi connectivity index (χ1n) is 4.86. The van der Waals surface area contributed by atoms with E-state index >= 15 is 0 Å². The van der Waals surface area contributed by atoms with Crippen LogP contribution in [-0.4, -0.2) is 10.2 Å². The molecule has 0 saturated heterocycles. The third-order valence-electron chi connectivity index (χ3n) is 2.23. The predicted octanol–water partition coefficient (Wildman–Crippen LogP) is 1.96. The van der Waals surface area contributed by atoms with Crippen LogP contribution in [0.25, 0.3) is 0 Å². The lowest BCUT2D eigenvalue weighted by Crippen LogP contribution is -1.97. The number of anilines is 1. The molecule has 0 fully saturated rings.